The number of thioether (sulfide) groups is 1. The number of hydrogen-bond donors (Lipinski definition) is 3. The average Bonchev–Trinajstić information content (AvgIpc) is 3.32. The van der Waals surface area contributed by atoms with E-state index in [-0.39, 0.29) is 0 Å². The maximum Gasteiger partial charge on any atom is 0.148 e. The zero-order valence-corrected chi connectivity index (χ0v) is 13.9. The molecular formula is C15H27N5S. The van der Waals surface area contributed by atoms with E-state index in [1.165, 1.54) is 44.3 Å². The Morgan fingerprint density at radius 1 is 1.14 bits per heavy atom. The maximum atomic E-state index is 5.56. The molecule has 1 aliphatic rings. The van der Waals surface area contributed by atoms with E-state index in [0.717, 1.165) is 29.6 Å². The van der Waals surface area contributed by atoms with Crippen molar-refractivity contribution < 1.29 is 0 Å². The number of nitrogens with two attached hydrogens (primary N) is 1. The van der Waals surface area contributed by atoms with Gasteiger partial charge in [0.25, 0.3) is 0 Å². The third kappa shape index (κ3) is 5.04. The third-order valence-electron chi connectivity index (χ3n) is 3.81. The van der Waals surface area contributed by atoms with Gasteiger partial charge in [-0.05, 0) is 44.6 Å². The molecular weight excluding hydrogens is 282 g/mol. The molecule has 118 valence electrons. The summed E-state index contributed by atoms with van der Waals surface area (Å²) in [4.78, 5) is 9.17. The van der Waals surface area contributed by atoms with Crippen molar-refractivity contribution in [3.63, 3.8) is 0 Å². The van der Waals surface area contributed by atoms with Gasteiger partial charge in [0.1, 0.15) is 17.5 Å². The predicted molar refractivity (Wildman–Crippen MR) is 91.9 cm³/mol. The molecule has 0 atom stereocenters. The first kappa shape index (κ1) is 16.4. The van der Waals surface area contributed by atoms with Crippen LogP contribution in [-0.4, -0.2) is 28.5 Å². The molecule has 1 fully saturated rings. The standard InChI is InChI=1S/C15H27N5S/c1-11-13(17-9-5-3-4-6-10-21-2)18-15(12-7-8-12)19-14(11)20-16/h12H,3-10,16H2,1-2H3,(H2,17,18,19,20). The van der Waals surface area contributed by atoms with Gasteiger partial charge in [0.15, 0.2) is 0 Å². The van der Waals surface area contributed by atoms with Gasteiger partial charge in [0.05, 0.1) is 0 Å². The number of hydrogen-bond acceptors (Lipinski definition) is 6. The summed E-state index contributed by atoms with van der Waals surface area (Å²) in [5, 5.41) is 3.45. The van der Waals surface area contributed by atoms with E-state index in [0.29, 0.717) is 5.92 Å². The molecule has 0 bridgehead atoms. The summed E-state index contributed by atoms with van der Waals surface area (Å²) in [6.45, 7) is 2.97. The lowest BCUT2D eigenvalue weighted by molar-refractivity contribution is 0.687. The topological polar surface area (TPSA) is 75.9 Å². The first-order valence-corrected chi connectivity index (χ1v) is 9.23. The zero-order valence-electron chi connectivity index (χ0n) is 13.1. The molecule has 0 aromatic carbocycles. The van der Waals surface area contributed by atoms with Gasteiger partial charge in [-0.15, -0.1) is 0 Å². The van der Waals surface area contributed by atoms with Crippen LogP contribution < -0.4 is 16.6 Å². The molecule has 0 unspecified atom stereocenters. The summed E-state index contributed by atoms with van der Waals surface area (Å²) in [5.74, 6) is 9.97. The molecule has 0 aliphatic heterocycles. The van der Waals surface area contributed by atoms with Crippen molar-refractivity contribution in [3.8, 4) is 0 Å². The number of unbranched alkanes of at least 4 members (excludes halogenated alkanes) is 3. The average molecular weight is 309 g/mol. The van der Waals surface area contributed by atoms with Crippen molar-refractivity contribution in [1.29, 1.82) is 0 Å². The molecule has 2 rings (SSSR count). The molecule has 1 aromatic rings. The molecule has 0 spiro atoms. The minimum atomic E-state index is 0.532. The van der Waals surface area contributed by atoms with Crippen LogP contribution in [0.4, 0.5) is 11.6 Å². The molecule has 0 amide bonds. The molecule has 1 aromatic heterocycles. The van der Waals surface area contributed by atoms with Gasteiger partial charge in [-0.2, -0.15) is 11.8 Å². The van der Waals surface area contributed by atoms with E-state index < -0.39 is 0 Å². The summed E-state index contributed by atoms with van der Waals surface area (Å²) in [7, 11) is 0. The highest BCUT2D eigenvalue weighted by Gasteiger charge is 2.28. The maximum absolute atomic E-state index is 5.56. The van der Waals surface area contributed by atoms with Gasteiger partial charge in [-0.3, -0.25) is 0 Å². The zero-order chi connectivity index (χ0) is 15.1. The van der Waals surface area contributed by atoms with E-state index in [2.05, 4.69) is 27.0 Å². The number of rotatable bonds is 10. The fourth-order valence-electron chi connectivity index (χ4n) is 2.30. The van der Waals surface area contributed by atoms with Crippen LogP contribution in [0.1, 0.15) is 55.8 Å². The second kappa shape index (κ2) is 8.44. The molecule has 5 nitrogen and oxygen atoms in total. The van der Waals surface area contributed by atoms with Crippen LogP contribution in [0.25, 0.3) is 0 Å². The fraction of sp³-hybridized carbons (Fsp3) is 0.733. The molecule has 1 aliphatic carbocycles. The smallest absolute Gasteiger partial charge is 0.148 e. The number of nitrogens with zero attached hydrogens (tertiary/aromatic N) is 2. The van der Waals surface area contributed by atoms with Gasteiger partial charge in [0.2, 0.25) is 0 Å². The van der Waals surface area contributed by atoms with Crippen molar-refractivity contribution in [2.24, 2.45) is 5.84 Å². The summed E-state index contributed by atoms with van der Waals surface area (Å²) in [5.41, 5.74) is 3.69. The Kier molecular flexibility index (Phi) is 6.57. The molecule has 1 saturated carbocycles. The van der Waals surface area contributed by atoms with E-state index in [9.17, 15) is 0 Å². The Bertz CT molecular complexity index is 448. The quantitative estimate of drug-likeness (QED) is 0.350. The highest BCUT2D eigenvalue weighted by molar-refractivity contribution is 7.98. The lowest BCUT2D eigenvalue weighted by Crippen LogP contribution is -2.15. The Hall–Kier alpha value is -1.01. The van der Waals surface area contributed by atoms with Crippen LogP contribution in [0.5, 0.6) is 0 Å². The minimum Gasteiger partial charge on any atom is -0.370 e. The normalized spacial score (nSPS) is 14.2. The van der Waals surface area contributed by atoms with Gasteiger partial charge >= 0.3 is 0 Å². The van der Waals surface area contributed by atoms with Crippen molar-refractivity contribution in [1.82, 2.24) is 9.97 Å². The first-order valence-electron chi connectivity index (χ1n) is 7.84. The van der Waals surface area contributed by atoms with Crippen LogP contribution in [0, 0.1) is 6.92 Å². The lowest BCUT2D eigenvalue weighted by Gasteiger charge is -2.13. The van der Waals surface area contributed by atoms with E-state index in [1.54, 1.807) is 0 Å². The Morgan fingerprint density at radius 2 is 1.86 bits per heavy atom. The molecule has 0 radical (unpaired) electrons. The second-order valence-electron chi connectivity index (χ2n) is 5.66. The monoisotopic (exact) mass is 309 g/mol. The van der Waals surface area contributed by atoms with Gasteiger partial charge in [-0.25, -0.2) is 15.8 Å². The van der Waals surface area contributed by atoms with Crippen LogP contribution in [0.2, 0.25) is 0 Å². The number of hydrazine groups is 1. The highest BCUT2D eigenvalue weighted by atomic mass is 32.2. The minimum absolute atomic E-state index is 0.532. The fourth-order valence-corrected chi connectivity index (χ4v) is 2.80. The van der Waals surface area contributed by atoms with Crippen molar-refractivity contribution in [2.75, 3.05) is 29.3 Å². The predicted octanol–water partition coefficient (Wildman–Crippen LogP) is 3.28. The number of nitrogens with one attached hydrogen (secondary N) is 2. The van der Waals surface area contributed by atoms with Crippen molar-refractivity contribution in [3.05, 3.63) is 11.4 Å². The van der Waals surface area contributed by atoms with Crippen LogP contribution >= 0.6 is 11.8 Å². The number of aromatic nitrogens is 2. The summed E-state index contributed by atoms with van der Waals surface area (Å²) >= 11 is 1.93. The Labute approximate surface area is 131 Å². The summed E-state index contributed by atoms with van der Waals surface area (Å²) in [6, 6.07) is 0. The Morgan fingerprint density at radius 3 is 2.52 bits per heavy atom. The second-order valence-corrected chi connectivity index (χ2v) is 6.64. The highest BCUT2D eigenvalue weighted by Crippen LogP contribution is 2.39. The first-order chi connectivity index (χ1) is 10.3. The summed E-state index contributed by atoms with van der Waals surface area (Å²) < 4.78 is 0. The lowest BCUT2D eigenvalue weighted by atomic mass is 10.2. The van der Waals surface area contributed by atoms with Crippen LogP contribution in [0.15, 0.2) is 0 Å². The number of nitrogen functional groups attached to an aromatic ring is 1. The van der Waals surface area contributed by atoms with Crippen LogP contribution in [-0.2, 0) is 0 Å². The molecule has 21 heavy (non-hydrogen) atoms. The largest absolute Gasteiger partial charge is 0.370 e. The van der Waals surface area contributed by atoms with E-state index >= 15 is 0 Å². The molecule has 0 saturated heterocycles. The Balaban J connectivity index is 1.82. The summed E-state index contributed by atoms with van der Waals surface area (Å²) in [6.07, 6.45) is 9.65. The SMILES string of the molecule is CSCCCCCCNc1nc(C2CC2)nc(NN)c1C. The molecule has 6 heteroatoms. The van der Waals surface area contributed by atoms with Crippen molar-refractivity contribution >= 4 is 23.4 Å². The van der Waals surface area contributed by atoms with Gasteiger partial charge < -0.3 is 10.7 Å². The molecule has 4 N–H and O–H groups in total. The van der Waals surface area contributed by atoms with E-state index in [1.807, 2.05) is 18.7 Å². The van der Waals surface area contributed by atoms with Crippen molar-refractivity contribution in [2.45, 2.75) is 51.4 Å². The van der Waals surface area contributed by atoms with Gasteiger partial charge in [-0.1, -0.05) is 12.8 Å². The van der Waals surface area contributed by atoms with E-state index in [4.69, 9.17) is 5.84 Å². The molecule has 1 heterocycles. The van der Waals surface area contributed by atoms with Gasteiger partial charge in [0, 0.05) is 18.0 Å². The third-order valence-corrected chi connectivity index (χ3v) is 4.51. The van der Waals surface area contributed by atoms with Crippen LogP contribution in [0.3, 0.4) is 0 Å². The number of anilines is 2.